The molecule has 1 aromatic heterocycles. The van der Waals surface area contributed by atoms with Gasteiger partial charge in [-0.25, -0.2) is 0 Å². The minimum absolute atomic E-state index is 0. The first kappa shape index (κ1) is 22.2. The summed E-state index contributed by atoms with van der Waals surface area (Å²) < 4.78 is 7.48. The second kappa shape index (κ2) is 9.99. The summed E-state index contributed by atoms with van der Waals surface area (Å²) >= 11 is 2.08. The van der Waals surface area contributed by atoms with E-state index in [0.717, 1.165) is 58.3 Å². The van der Waals surface area contributed by atoms with Crippen molar-refractivity contribution in [2.24, 2.45) is 12.0 Å². The zero-order chi connectivity index (χ0) is 18.7. The van der Waals surface area contributed by atoms with Crippen molar-refractivity contribution < 1.29 is 4.74 Å². The summed E-state index contributed by atoms with van der Waals surface area (Å²) in [5.41, 5.74) is 1.58. The van der Waals surface area contributed by atoms with Crippen molar-refractivity contribution in [3.05, 3.63) is 18.0 Å². The monoisotopic (exact) mass is 520 g/mol. The molecule has 2 atom stereocenters. The molecular formula is C19H33IN6OS. The number of nitrogens with one attached hydrogen (secondary N) is 1. The molecule has 4 rings (SSSR count). The van der Waals surface area contributed by atoms with Crippen LogP contribution in [0.15, 0.2) is 17.4 Å². The normalized spacial score (nSPS) is 29.1. The molecule has 3 saturated heterocycles. The van der Waals surface area contributed by atoms with Crippen LogP contribution in [-0.2, 0) is 11.8 Å². The number of hydrogen-bond acceptors (Lipinski definition) is 5. The van der Waals surface area contributed by atoms with E-state index >= 15 is 0 Å². The molecule has 0 amide bonds. The Labute approximate surface area is 189 Å². The molecule has 0 spiro atoms. The van der Waals surface area contributed by atoms with Crippen LogP contribution in [0.4, 0.5) is 0 Å². The molecule has 28 heavy (non-hydrogen) atoms. The van der Waals surface area contributed by atoms with E-state index in [9.17, 15) is 0 Å². The molecule has 3 aliphatic heterocycles. The topological polar surface area (TPSA) is 57.9 Å². The number of aliphatic imine (C=N–C) groups is 1. The molecule has 0 aliphatic carbocycles. The van der Waals surface area contributed by atoms with Crippen molar-refractivity contribution in [3.8, 4) is 0 Å². The number of rotatable bonds is 4. The molecule has 9 heteroatoms. The van der Waals surface area contributed by atoms with E-state index in [1.165, 1.54) is 23.5 Å². The van der Waals surface area contributed by atoms with Crippen molar-refractivity contribution in [1.29, 1.82) is 0 Å². The number of ether oxygens (including phenoxy) is 1. The second-order valence-electron chi connectivity index (χ2n) is 7.91. The van der Waals surface area contributed by atoms with Crippen LogP contribution in [0.25, 0.3) is 0 Å². The predicted octanol–water partition coefficient (Wildman–Crippen LogP) is 1.61. The van der Waals surface area contributed by atoms with Gasteiger partial charge < -0.3 is 15.0 Å². The highest BCUT2D eigenvalue weighted by Gasteiger charge is 2.41. The molecule has 1 N–H and O–H groups in total. The summed E-state index contributed by atoms with van der Waals surface area (Å²) in [6.45, 7) is 6.87. The van der Waals surface area contributed by atoms with Crippen LogP contribution >= 0.6 is 35.7 Å². The number of hydrogen-bond donors (Lipinski definition) is 1. The highest BCUT2D eigenvalue weighted by atomic mass is 127. The van der Waals surface area contributed by atoms with Crippen LogP contribution < -0.4 is 5.32 Å². The van der Waals surface area contributed by atoms with Gasteiger partial charge in [-0.15, -0.1) is 24.0 Å². The fraction of sp³-hybridized carbons (Fsp3) is 0.789. The van der Waals surface area contributed by atoms with Gasteiger partial charge in [-0.2, -0.15) is 16.9 Å². The third kappa shape index (κ3) is 4.79. The number of aryl methyl sites for hydroxylation is 1. The number of likely N-dealkylation sites (tertiary alicyclic amines) is 1. The summed E-state index contributed by atoms with van der Waals surface area (Å²) in [6, 6.07) is 0. The van der Waals surface area contributed by atoms with Crippen LogP contribution in [0.3, 0.4) is 0 Å². The van der Waals surface area contributed by atoms with Crippen molar-refractivity contribution >= 4 is 41.7 Å². The van der Waals surface area contributed by atoms with Crippen LogP contribution in [0, 0.1) is 0 Å². The first-order valence-corrected chi connectivity index (χ1v) is 11.2. The second-order valence-corrected chi connectivity index (χ2v) is 9.01. The highest BCUT2D eigenvalue weighted by Crippen LogP contribution is 2.34. The van der Waals surface area contributed by atoms with Gasteiger partial charge in [-0.3, -0.25) is 14.6 Å². The molecule has 158 valence electrons. The van der Waals surface area contributed by atoms with Crippen LogP contribution in [0.2, 0.25) is 0 Å². The minimum Gasteiger partial charge on any atom is -0.379 e. The SMILES string of the molecule is CN=C(NCC1(N2CCOCC2)CCSC1)N1CCC(c2cnn(C)c2)C1.I. The van der Waals surface area contributed by atoms with Gasteiger partial charge in [0, 0.05) is 70.2 Å². The number of thioether (sulfide) groups is 1. The lowest BCUT2D eigenvalue weighted by Gasteiger charge is -2.43. The van der Waals surface area contributed by atoms with Gasteiger partial charge in [-0.05, 0) is 24.2 Å². The zero-order valence-corrected chi connectivity index (χ0v) is 20.1. The summed E-state index contributed by atoms with van der Waals surface area (Å²) in [7, 11) is 3.89. The first-order valence-electron chi connectivity index (χ1n) is 10.0. The average Bonchev–Trinajstić information content (AvgIpc) is 3.44. The van der Waals surface area contributed by atoms with E-state index < -0.39 is 0 Å². The lowest BCUT2D eigenvalue weighted by Crippen LogP contribution is -2.60. The Kier molecular flexibility index (Phi) is 7.91. The van der Waals surface area contributed by atoms with Gasteiger partial charge in [0.15, 0.2) is 5.96 Å². The molecule has 3 fully saturated rings. The van der Waals surface area contributed by atoms with E-state index in [2.05, 4.69) is 43.2 Å². The van der Waals surface area contributed by atoms with Gasteiger partial charge in [0.1, 0.15) is 0 Å². The van der Waals surface area contributed by atoms with Gasteiger partial charge >= 0.3 is 0 Å². The minimum atomic E-state index is 0. The molecule has 7 nitrogen and oxygen atoms in total. The van der Waals surface area contributed by atoms with Gasteiger partial charge in [-0.1, -0.05) is 0 Å². The standard InChI is InChI=1S/C19H32N6OS.HI/c1-20-18(24-5-3-16(13-24)17-11-22-23(2)12-17)21-14-19(4-10-27-15-19)25-6-8-26-9-7-25;/h11-12,16H,3-10,13-15H2,1-2H3,(H,20,21);1H. The highest BCUT2D eigenvalue weighted by molar-refractivity contribution is 14.0. The molecule has 3 aliphatic rings. The van der Waals surface area contributed by atoms with E-state index in [0.29, 0.717) is 5.92 Å². The Bertz CT molecular complexity index is 657. The molecular weight excluding hydrogens is 487 g/mol. The Balaban J connectivity index is 0.00000225. The van der Waals surface area contributed by atoms with Crippen molar-refractivity contribution in [1.82, 2.24) is 24.9 Å². The number of morpholine rings is 1. The Morgan fingerprint density at radius 1 is 1.39 bits per heavy atom. The van der Waals surface area contributed by atoms with E-state index in [4.69, 9.17) is 4.74 Å². The number of guanidine groups is 1. The fourth-order valence-electron chi connectivity index (χ4n) is 4.59. The Hall–Kier alpha value is -0.520. The Morgan fingerprint density at radius 2 is 2.21 bits per heavy atom. The zero-order valence-electron chi connectivity index (χ0n) is 17.0. The summed E-state index contributed by atoms with van der Waals surface area (Å²) in [6.07, 6.45) is 6.57. The number of nitrogens with zero attached hydrogens (tertiary/aromatic N) is 5. The molecule has 0 aromatic carbocycles. The lowest BCUT2D eigenvalue weighted by molar-refractivity contribution is -0.0121. The van der Waals surface area contributed by atoms with Crippen molar-refractivity contribution in [2.45, 2.75) is 24.3 Å². The van der Waals surface area contributed by atoms with Crippen molar-refractivity contribution in [3.63, 3.8) is 0 Å². The van der Waals surface area contributed by atoms with Crippen LogP contribution in [-0.4, -0.2) is 95.6 Å². The average molecular weight is 520 g/mol. The van der Waals surface area contributed by atoms with Gasteiger partial charge in [0.05, 0.1) is 19.4 Å². The molecule has 0 bridgehead atoms. The van der Waals surface area contributed by atoms with E-state index in [1.807, 2.05) is 25.0 Å². The maximum atomic E-state index is 5.58. The lowest BCUT2D eigenvalue weighted by atomic mass is 9.95. The maximum Gasteiger partial charge on any atom is 0.193 e. The summed E-state index contributed by atoms with van der Waals surface area (Å²) in [5, 5.41) is 8.06. The van der Waals surface area contributed by atoms with Crippen LogP contribution in [0.5, 0.6) is 0 Å². The molecule has 4 heterocycles. The smallest absolute Gasteiger partial charge is 0.193 e. The Morgan fingerprint density at radius 3 is 2.86 bits per heavy atom. The van der Waals surface area contributed by atoms with Crippen LogP contribution in [0.1, 0.15) is 24.3 Å². The molecule has 2 unspecified atom stereocenters. The summed E-state index contributed by atoms with van der Waals surface area (Å²) in [4.78, 5) is 9.66. The quantitative estimate of drug-likeness (QED) is 0.370. The van der Waals surface area contributed by atoms with Crippen molar-refractivity contribution in [2.75, 3.05) is 64.5 Å². The van der Waals surface area contributed by atoms with Gasteiger partial charge in [0.2, 0.25) is 0 Å². The first-order chi connectivity index (χ1) is 13.2. The number of aromatic nitrogens is 2. The number of halogens is 1. The third-order valence-corrected chi connectivity index (χ3v) is 7.47. The van der Waals surface area contributed by atoms with E-state index in [1.54, 1.807) is 0 Å². The predicted molar refractivity (Wildman–Crippen MR) is 126 cm³/mol. The largest absolute Gasteiger partial charge is 0.379 e. The fourth-order valence-corrected chi connectivity index (χ4v) is 6.06. The van der Waals surface area contributed by atoms with E-state index in [-0.39, 0.29) is 29.5 Å². The van der Waals surface area contributed by atoms with Gasteiger partial charge in [0.25, 0.3) is 0 Å². The molecule has 1 aromatic rings. The third-order valence-electron chi connectivity index (χ3n) is 6.24. The molecule has 0 saturated carbocycles. The maximum absolute atomic E-state index is 5.58. The molecule has 0 radical (unpaired) electrons. The summed E-state index contributed by atoms with van der Waals surface area (Å²) in [5.74, 6) is 4.05.